The first-order valence-electron chi connectivity index (χ1n) is 11.6. The summed E-state index contributed by atoms with van der Waals surface area (Å²) in [6, 6.07) is 9.44. The molecule has 36 heavy (non-hydrogen) atoms. The summed E-state index contributed by atoms with van der Waals surface area (Å²) in [4.78, 5) is 35.2. The fourth-order valence-electron chi connectivity index (χ4n) is 3.41. The van der Waals surface area contributed by atoms with Gasteiger partial charge in [-0.1, -0.05) is 30.3 Å². The summed E-state index contributed by atoms with van der Waals surface area (Å²) in [6.45, 7) is 3.59. The van der Waals surface area contributed by atoms with E-state index in [1.54, 1.807) is 6.92 Å². The van der Waals surface area contributed by atoms with Gasteiger partial charge in [-0.15, -0.1) is 0 Å². The van der Waals surface area contributed by atoms with Crippen molar-refractivity contribution in [3.8, 4) is 5.88 Å². The molecule has 0 saturated heterocycles. The number of nitrogens with one attached hydrogen (secondary N) is 4. The van der Waals surface area contributed by atoms with E-state index in [4.69, 9.17) is 14.2 Å². The molecule has 0 aliphatic rings. The van der Waals surface area contributed by atoms with Gasteiger partial charge in [0.1, 0.15) is 24.5 Å². The summed E-state index contributed by atoms with van der Waals surface area (Å²) in [6.07, 6.45) is 4.98. The van der Waals surface area contributed by atoms with Crippen LogP contribution >= 0.6 is 8.22 Å². The molecule has 3 aromatic rings. The molecule has 0 bridgehead atoms. The second kappa shape index (κ2) is 14.4. The quantitative estimate of drug-likeness (QED) is 0.135. The van der Waals surface area contributed by atoms with E-state index in [1.807, 2.05) is 36.5 Å². The minimum Gasteiger partial charge on any atom is -0.471 e. The molecule has 2 unspecified atom stereocenters. The van der Waals surface area contributed by atoms with Crippen LogP contribution in [-0.4, -0.2) is 66.4 Å². The van der Waals surface area contributed by atoms with Gasteiger partial charge in [-0.05, 0) is 31.6 Å². The Labute approximate surface area is 211 Å². The second-order valence-electron chi connectivity index (χ2n) is 7.96. The summed E-state index contributed by atoms with van der Waals surface area (Å²) in [5, 5.41) is 9.79. The predicted molar refractivity (Wildman–Crippen MR) is 137 cm³/mol. The Kier molecular flexibility index (Phi) is 11.0. The Hall–Kier alpha value is -3.11. The molecule has 0 radical (unpaired) electrons. The van der Waals surface area contributed by atoms with Crippen LogP contribution in [0.2, 0.25) is 0 Å². The topological polar surface area (TPSA) is 139 Å². The highest BCUT2D eigenvalue weighted by Gasteiger charge is 2.19. The number of aromatic amines is 1. The standard InChI is InChI=1S/C24H33N6O5P/c1-17(24(32)34-3)30-36(29-14-20(31)33-2)11-7-10-25-12-19-13-26-22-21(19)27-16-28-23(22)35-15-18-8-5-4-6-9-18/h4-6,8-9,13,16-17,25-26,29-30H,7,10-12,14-15H2,1-3H3. The third kappa shape index (κ3) is 8.23. The van der Waals surface area contributed by atoms with Gasteiger partial charge >= 0.3 is 11.9 Å². The zero-order chi connectivity index (χ0) is 25.8. The fraction of sp³-hybridized carbons (Fsp3) is 0.417. The molecule has 2 aromatic heterocycles. The Balaban J connectivity index is 1.49. The monoisotopic (exact) mass is 516 g/mol. The zero-order valence-electron chi connectivity index (χ0n) is 20.7. The van der Waals surface area contributed by atoms with Crippen LogP contribution in [0.3, 0.4) is 0 Å². The summed E-state index contributed by atoms with van der Waals surface area (Å²) in [5.74, 6) is -0.196. The average Bonchev–Trinajstić information content (AvgIpc) is 3.33. The van der Waals surface area contributed by atoms with E-state index >= 15 is 0 Å². The van der Waals surface area contributed by atoms with E-state index in [2.05, 4.69) is 30.4 Å². The lowest BCUT2D eigenvalue weighted by Gasteiger charge is -2.22. The maximum Gasteiger partial charge on any atom is 0.322 e. The number of esters is 2. The van der Waals surface area contributed by atoms with Gasteiger partial charge in [0.05, 0.1) is 26.3 Å². The lowest BCUT2D eigenvalue weighted by atomic mass is 10.2. The number of rotatable bonds is 15. The number of nitrogens with zero attached hydrogens (tertiary/aromatic N) is 2. The number of fused-ring (bicyclic) bond motifs is 1. The lowest BCUT2D eigenvalue weighted by Crippen LogP contribution is -2.36. The van der Waals surface area contributed by atoms with E-state index in [1.165, 1.54) is 20.5 Å². The Morgan fingerprint density at radius 3 is 2.69 bits per heavy atom. The van der Waals surface area contributed by atoms with Gasteiger partial charge in [0.2, 0.25) is 5.88 Å². The third-order valence-electron chi connectivity index (χ3n) is 5.32. The highest BCUT2D eigenvalue weighted by Crippen LogP contribution is 2.27. The number of benzene rings is 1. The number of hydrogen-bond acceptors (Lipinski definition) is 10. The molecular weight excluding hydrogens is 483 g/mol. The van der Waals surface area contributed by atoms with Gasteiger partial charge in [-0.2, -0.15) is 4.98 Å². The van der Waals surface area contributed by atoms with Crippen molar-refractivity contribution < 1.29 is 23.8 Å². The van der Waals surface area contributed by atoms with Gasteiger partial charge in [-0.3, -0.25) is 19.8 Å². The first-order chi connectivity index (χ1) is 17.5. The van der Waals surface area contributed by atoms with Crippen molar-refractivity contribution in [1.29, 1.82) is 0 Å². The van der Waals surface area contributed by atoms with Gasteiger partial charge in [0, 0.05) is 26.5 Å². The summed E-state index contributed by atoms with van der Waals surface area (Å²) in [7, 11) is 1.71. The Morgan fingerprint density at radius 2 is 1.94 bits per heavy atom. The molecule has 0 fully saturated rings. The van der Waals surface area contributed by atoms with Gasteiger partial charge in [-0.25, -0.2) is 4.98 Å². The smallest absolute Gasteiger partial charge is 0.322 e. The molecule has 0 spiro atoms. The van der Waals surface area contributed by atoms with E-state index in [-0.39, 0.29) is 18.5 Å². The van der Waals surface area contributed by atoms with Crippen LogP contribution < -0.4 is 20.2 Å². The molecule has 0 saturated carbocycles. The zero-order valence-corrected chi connectivity index (χ0v) is 21.6. The highest BCUT2D eigenvalue weighted by atomic mass is 31.1. The first-order valence-corrected chi connectivity index (χ1v) is 13.1. The highest BCUT2D eigenvalue weighted by molar-refractivity contribution is 7.53. The van der Waals surface area contributed by atoms with Crippen LogP contribution in [0.1, 0.15) is 24.5 Å². The minimum atomic E-state index is -0.979. The minimum absolute atomic E-state index is 0.0697. The van der Waals surface area contributed by atoms with Crippen molar-refractivity contribution in [1.82, 2.24) is 30.4 Å². The largest absolute Gasteiger partial charge is 0.471 e. The second-order valence-corrected chi connectivity index (χ2v) is 9.84. The maximum atomic E-state index is 11.8. The Morgan fingerprint density at radius 1 is 1.14 bits per heavy atom. The van der Waals surface area contributed by atoms with Gasteiger partial charge in [0.25, 0.3) is 0 Å². The predicted octanol–water partition coefficient (Wildman–Crippen LogP) is 2.24. The first kappa shape index (κ1) is 27.5. The number of hydrogen-bond donors (Lipinski definition) is 4. The summed E-state index contributed by atoms with van der Waals surface area (Å²) < 4.78 is 15.4. The molecule has 4 N–H and O–H groups in total. The number of methoxy groups -OCH3 is 2. The van der Waals surface area contributed by atoms with Crippen molar-refractivity contribution in [3.63, 3.8) is 0 Å². The van der Waals surface area contributed by atoms with Crippen molar-refractivity contribution >= 4 is 31.2 Å². The van der Waals surface area contributed by atoms with Gasteiger partial charge in [0.15, 0.2) is 0 Å². The summed E-state index contributed by atoms with van der Waals surface area (Å²) in [5.41, 5.74) is 3.66. The van der Waals surface area contributed by atoms with Crippen LogP contribution in [0.15, 0.2) is 42.9 Å². The molecule has 1 aromatic carbocycles. The molecule has 3 rings (SSSR count). The van der Waals surface area contributed by atoms with Crippen molar-refractivity contribution in [3.05, 3.63) is 54.0 Å². The van der Waals surface area contributed by atoms with E-state index in [9.17, 15) is 9.59 Å². The normalized spacial score (nSPS) is 12.8. The molecule has 194 valence electrons. The molecule has 0 aliphatic carbocycles. The Bertz CT molecular complexity index is 1110. The molecule has 12 heteroatoms. The number of ether oxygens (including phenoxy) is 3. The van der Waals surface area contributed by atoms with Crippen LogP contribution in [0.4, 0.5) is 0 Å². The summed E-state index contributed by atoms with van der Waals surface area (Å²) >= 11 is 0. The van der Waals surface area contributed by atoms with Crippen molar-refractivity contribution in [2.45, 2.75) is 32.5 Å². The molecular formula is C24H33N6O5P. The number of carbonyl (C=O) groups is 2. The van der Waals surface area contributed by atoms with Crippen LogP contribution in [0, 0.1) is 0 Å². The van der Waals surface area contributed by atoms with Crippen molar-refractivity contribution in [2.24, 2.45) is 0 Å². The third-order valence-corrected chi connectivity index (χ3v) is 7.32. The molecule has 0 aliphatic heterocycles. The molecule has 11 nitrogen and oxygen atoms in total. The van der Waals surface area contributed by atoms with Gasteiger partial charge < -0.3 is 24.5 Å². The number of aromatic nitrogens is 3. The van der Waals surface area contributed by atoms with Crippen LogP contribution in [-0.2, 0) is 32.2 Å². The lowest BCUT2D eigenvalue weighted by molar-refractivity contribution is -0.142. The SMILES string of the molecule is COC(=O)CNP(CCCNCc1c[nH]c2c(OCc3ccccc3)ncnc12)NC(C)C(=O)OC. The van der Waals surface area contributed by atoms with Crippen molar-refractivity contribution in [2.75, 3.05) is 33.5 Å². The maximum absolute atomic E-state index is 11.8. The number of H-pyrrole nitrogens is 1. The van der Waals surface area contributed by atoms with E-state index in [0.29, 0.717) is 19.0 Å². The average molecular weight is 517 g/mol. The molecule has 2 atom stereocenters. The van der Waals surface area contributed by atoms with E-state index < -0.39 is 14.3 Å². The van der Waals surface area contributed by atoms with Crippen LogP contribution in [0.5, 0.6) is 5.88 Å². The van der Waals surface area contributed by atoms with E-state index in [0.717, 1.165) is 41.3 Å². The molecule has 2 heterocycles. The molecule has 0 amide bonds. The van der Waals surface area contributed by atoms with Crippen LogP contribution in [0.25, 0.3) is 11.0 Å². The number of carbonyl (C=O) groups excluding carboxylic acids is 2. The fourth-order valence-corrected chi connectivity index (χ4v) is 5.16.